The molecule has 2 atom stereocenters. The number of nitrogens with zero attached hydrogens (tertiary/aromatic N) is 1. The van der Waals surface area contributed by atoms with Gasteiger partial charge in [0.15, 0.2) is 0 Å². The summed E-state index contributed by atoms with van der Waals surface area (Å²) in [5.74, 6) is -0.175. The first kappa shape index (κ1) is 19.7. The lowest BCUT2D eigenvalue weighted by atomic mass is 10.1. The molecule has 2 unspecified atom stereocenters. The number of methoxy groups -OCH3 is 1. The van der Waals surface area contributed by atoms with Gasteiger partial charge in [-0.05, 0) is 59.9 Å². The predicted octanol–water partition coefficient (Wildman–Crippen LogP) is 2.71. The van der Waals surface area contributed by atoms with Crippen LogP contribution in [0, 0.1) is 0 Å². The normalized spacial score (nSPS) is 19.5. The van der Waals surface area contributed by atoms with Gasteiger partial charge in [-0.1, -0.05) is 0 Å². The van der Waals surface area contributed by atoms with Gasteiger partial charge in [0.25, 0.3) is 0 Å². The van der Waals surface area contributed by atoms with Crippen LogP contribution in [0.15, 0.2) is 0 Å². The summed E-state index contributed by atoms with van der Waals surface area (Å²) in [6.07, 6.45) is 3.93. The molecule has 0 saturated carbocycles. The maximum atomic E-state index is 12.3. The molecule has 0 radical (unpaired) electrons. The lowest BCUT2D eigenvalue weighted by Crippen LogP contribution is -2.42. The van der Waals surface area contributed by atoms with Crippen LogP contribution in [0.25, 0.3) is 0 Å². The first-order valence-corrected chi connectivity index (χ1v) is 8.52. The highest BCUT2D eigenvalue weighted by atomic mass is 16.6. The lowest BCUT2D eigenvalue weighted by molar-refractivity contribution is -0.140. The van der Waals surface area contributed by atoms with E-state index in [0.717, 1.165) is 38.8 Å². The number of esters is 1. The van der Waals surface area contributed by atoms with Gasteiger partial charge in [-0.25, -0.2) is 4.79 Å². The number of carbonyl (C=O) groups excluding carboxylic acids is 2. The number of carbonyl (C=O) groups is 2. The van der Waals surface area contributed by atoms with Crippen molar-refractivity contribution in [3.05, 3.63) is 0 Å². The second-order valence-electron chi connectivity index (χ2n) is 7.24. The molecule has 1 N–H and O–H groups in total. The van der Waals surface area contributed by atoms with E-state index in [1.54, 1.807) is 0 Å². The summed E-state index contributed by atoms with van der Waals surface area (Å²) in [7, 11) is 1.41. The van der Waals surface area contributed by atoms with Gasteiger partial charge in [-0.15, -0.1) is 0 Å². The monoisotopic (exact) mass is 328 g/mol. The van der Waals surface area contributed by atoms with E-state index in [9.17, 15) is 9.59 Å². The molecular weight excluding hydrogens is 296 g/mol. The van der Waals surface area contributed by atoms with Crippen LogP contribution < -0.4 is 5.32 Å². The number of amides is 1. The zero-order valence-electron chi connectivity index (χ0n) is 15.2. The third kappa shape index (κ3) is 7.68. The summed E-state index contributed by atoms with van der Waals surface area (Å²) in [6, 6.07) is 0.522. The van der Waals surface area contributed by atoms with Crippen molar-refractivity contribution in [2.45, 2.75) is 77.5 Å². The molecule has 0 aromatic heterocycles. The van der Waals surface area contributed by atoms with Crippen LogP contribution in [0.1, 0.15) is 59.8 Å². The van der Waals surface area contributed by atoms with Crippen molar-refractivity contribution in [2.75, 3.05) is 20.2 Å². The summed E-state index contributed by atoms with van der Waals surface area (Å²) in [4.78, 5) is 25.2. The first-order chi connectivity index (χ1) is 10.7. The molecule has 0 aromatic carbocycles. The average Bonchev–Trinajstić information content (AvgIpc) is 2.89. The molecule has 6 heteroatoms. The van der Waals surface area contributed by atoms with Crippen LogP contribution in [-0.4, -0.2) is 54.8 Å². The van der Waals surface area contributed by atoms with Gasteiger partial charge in [0.05, 0.1) is 7.11 Å². The topological polar surface area (TPSA) is 67.9 Å². The molecule has 23 heavy (non-hydrogen) atoms. The summed E-state index contributed by atoms with van der Waals surface area (Å²) in [5.41, 5.74) is -0.456. The molecule has 1 aliphatic heterocycles. The molecule has 1 rings (SSSR count). The van der Waals surface area contributed by atoms with E-state index in [2.05, 4.69) is 17.0 Å². The molecule has 134 valence electrons. The number of ether oxygens (including phenoxy) is 2. The number of rotatable bonds is 7. The Balaban J connectivity index is 2.34. The zero-order chi connectivity index (χ0) is 17.5. The molecule has 0 aromatic rings. The zero-order valence-corrected chi connectivity index (χ0v) is 15.2. The minimum absolute atomic E-state index is 0.175. The average molecular weight is 328 g/mol. The Hall–Kier alpha value is -1.30. The van der Waals surface area contributed by atoms with Gasteiger partial charge in [-0.3, -0.25) is 4.79 Å². The lowest BCUT2D eigenvalue weighted by Gasteiger charge is -2.30. The molecule has 1 amide bonds. The highest BCUT2D eigenvalue weighted by molar-refractivity contribution is 5.69. The largest absolute Gasteiger partial charge is 0.469 e. The fourth-order valence-electron chi connectivity index (χ4n) is 2.82. The number of hydrogen-bond acceptors (Lipinski definition) is 5. The Bertz CT molecular complexity index is 393. The van der Waals surface area contributed by atoms with Gasteiger partial charge in [0, 0.05) is 25.0 Å². The number of nitrogens with one attached hydrogen (secondary N) is 1. The second-order valence-corrected chi connectivity index (χ2v) is 7.24. The second kappa shape index (κ2) is 9.11. The Labute approximate surface area is 139 Å². The van der Waals surface area contributed by atoms with Gasteiger partial charge < -0.3 is 19.7 Å². The minimum atomic E-state index is -0.456. The Morgan fingerprint density at radius 1 is 1.35 bits per heavy atom. The van der Waals surface area contributed by atoms with E-state index in [0.29, 0.717) is 12.5 Å². The van der Waals surface area contributed by atoms with Crippen molar-refractivity contribution in [3.8, 4) is 0 Å². The fraction of sp³-hybridized carbons (Fsp3) is 0.882. The molecule has 1 fully saturated rings. The highest BCUT2D eigenvalue weighted by Gasteiger charge is 2.32. The molecule has 1 heterocycles. The first-order valence-electron chi connectivity index (χ1n) is 8.52. The van der Waals surface area contributed by atoms with E-state index in [1.165, 1.54) is 7.11 Å². The molecule has 0 aliphatic carbocycles. The van der Waals surface area contributed by atoms with E-state index in [1.807, 2.05) is 25.7 Å². The van der Waals surface area contributed by atoms with Gasteiger partial charge in [0.2, 0.25) is 0 Å². The van der Waals surface area contributed by atoms with Crippen molar-refractivity contribution in [3.63, 3.8) is 0 Å². The van der Waals surface area contributed by atoms with E-state index < -0.39 is 5.60 Å². The van der Waals surface area contributed by atoms with Crippen molar-refractivity contribution < 1.29 is 19.1 Å². The molecule has 0 spiro atoms. The van der Waals surface area contributed by atoms with Crippen LogP contribution in [-0.2, 0) is 14.3 Å². The fourth-order valence-corrected chi connectivity index (χ4v) is 2.82. The smallest absolute Gasteiger partial charge is 0.410 e. The van der Waals surface area contributed by atoms with Gasteiger partial charge in [-0.2, -0.15) is 0 Å². The molecule has 1 aliphatic rings. The van der Waals surface area contributed by atoms with Crippen LogP contribution in [0.3, 0.4) is 0 Å². The van der Waals surface area contributed by atoms with Crippen LogP contribution in [0.4, 0.5) is 4.79 Å². The summed E-state index contributed by atoms with van der Waals surface area (Å²) in [5, 5.41) is 3.41. The third-order valence-corrected chi connectivity index (χ3v) is 3.91. The van der Waals surface area contributed by atoms with Gasteiger partial charge in [0.1, 0.15) is 5.60 Å². The van der Waals surface area contributed by atoms with E-state index >= 15 is 0 Å². The quantitative estimate of drug-likeness (QED) is 0.575. The van der Waals surface area contributed by atoms with E-state index in [-0.39, 0.29) is 18.1 Å². The standard InChI is InChI=1S/C17H32N2O4/c1-13(18-10-6-9-15(20)22-5)12-14-8-7-11-19(14)16(21)23-17(2,3)4/h13-14,18H,6-12H2,1-5H3. The van der Waals surface area contributed by atoms with Crippen LogP contribution in [0.2, 0.25) is 0 Å². The number of likely N-dealkylation sites (tertiary alicyclic amines) is 1. The Morgan fingerprint density at radius 3 is 2.65 bits per heavy atom. The predicted molar refractivity (Wildman–Crippen MR) is 89.3 cm³/mol. The van der Waals surface area contributed by atoms with Crippen molar-refractivity contribution in [1.82, 2.24) is 10.2 Å². The van der Waals surface area contributed by atoms with Crippen LogP contribution >= 0.6 is 0 Å². The molecule has 0 bridgehead atoms. The Morgan fingerprint density at radius 2 is 2.04 bits per heavy atom. The van der Waals surface area contributed by atoms with Crippen LogP contribution in [0.5, 0.6) is 0 Å². The minimum Gasteiger partial charge on any atom is -0.469 e. The maximum absolute atomic E-state index is 12.3. The maximum Gasteiger partial charge on any atom is 0.410 e. The van der Waals surface area contributed by atoms with E-state index in [4.69, 9.17) is 4.74 Å². The summed E-state index contributed by atoms with van der Waals surface area (Å²) < 4.78 is 10.1. The number of hydrogen-bond donors (Lipinski definition) is 1. The van der Waals surface area contributed by atoms with Gasteiger partial charge >= 0.3 is 12.1 Å². The summed E-state index contributed by atoms with van der Waals surface area (Å²) in [6.45, 7) is 9.33. The summed E-state index contributed by atoms with van der Waals surface area (Å²) >= 11 is 0. The van der Waals surface area contributed by atoms with Crippen molar-refractivity contribution in [1.29, 1.82) is 0 Å². The molecule has 1 saturated heterocycles. The van der Waals surface area contributed by atoms with Crippen molar-refractivity contribution >= 4 is 12.1 Å². The molecular formula is C17H32N2O4. The third-order valence-electron chi connectivity index (χ3n) is 3.91. The molecule has 6 nitrogen and oxygen atoms in total. The SMILES string of the molecule is COC(=O)CCCNC(C)CC1CCCN1C(=O)OC(C)(C)C. The van der Waals surface area contributed by atoms with Crippen molar-refractivity contribution in [2.24, 2.45) is 0 Å². The Kier molecular flexibility index (Phi) is 7.82. The highest BCUT2D eigenvalue weighted by Crippen LogP contribution is 2.24.